The van der Waals surface area contributed by atoms with E-state index in [4.69, 9.17) is 4.74 Å². The Balaban J connectivity index is 1.83. The molecule has 23 heavy (non-hydrogen) atoms. The number of aryl methyl sites for hydroxylation is 2. The Hall–Kier alpha value is -2.47. The van der Waals surface area contributed by atoms with Crippen LogP contribution in [-0.4, -0.2) is 42.2 Å². The highest BCUT2D eigenvalue weighted by Gasteiger charge is 2.17. The molecule has 1 N–H and O–H groups in total. The van der Waals surface area contributed by atoms with Crippen LogP contribution >= 0.6 is 0 Å². The monoisotopic (exact) mass is 312 g/mol. The van der Waals surface area contributed by atoms with Gasteiger partial charge in [-0.05, 0) is 32.0 Å². The fourth-order valence-corrected chi connectivity index (χ4v) is 2.68. The highest BCUT2D eigenvalue weighted by atomic mass is 16.5. The first-order chi connectivity index (χ1) is 11.1. The van der Waals surface area contributed by atoms with Gasteiger partial charge >= 0.3 is 0 Å². The fourth-order valence-electron chi connectivity index (χ4n) is 2.68. The third-order valence-electron chi connectivity index (χ3n) is 3.70. The molecule has 120 valence electrons. The minimum absolute atomic E-state index is 0.223. The van der Waals surface area contributed by atoms with E-state index in [9.17, 15) is 4.79 Å². The number of amides is 1. The molecule has 1 aromatic carbocycles. The maximum atomic E-state index is 12.5. The molecule has 2 heterocycles. The molecule has 1 amide bonds. The molecular formula is C17H20N4O2. The lowest BCUT2D eigenvalue weighted by Gasteiger charge is -2.30. The zero-order valence-electron chi connectivity index (χ0n) is 13.4. The van der Waals surface area contributed by atoms with Crippen LogP contribution in [0.2, 0.25) is 0 Å². The predicted molar refractivity (Wildman–Crippen MR) is 88.9 cm³/mol. The van der Waals surface area contributed by atoms with Crippen LogP contribution in [-0.2, 0) is 4.74 Å². The molecule has 0 radical (unpaired) electrons. The van der Waals surface area contributed by atoms with Crippen LogP contribution in [0.1, 0.15) is 22.0 Å². The third-order valence-corrected chi connectivity index (χ3v) is 3.70. The van der Waals surface area contributed by atoms with Crippen molar-refractivity contribution in [2.24, 2.45) is 0 Å². The Kier molecular flexibility index (Phi) is 4.52. The number of nitrogens with one attached hydrogen (secondary N) is 1. The molecule has 0 unspecified atom stereocenters. The fraction of sp³-hybridized carbons (Fsp3) is 0.353. The smallest absolute Gasteiger partial charge is 0.274 e. The van der Waals surface area contributed by atoms with Gasteiger partial charge in [0.15, 0.2) is 0 Å². The number of para-hydroxylation sites is 2. The van der Waals surface area contributed by atoms with Crippen molar-refractivity contribution in [1.29, 1.82) is 0 Å². The molecule has 0 saturated carbocycles. The normalized spacial score (nSPS) is 14.6. The zero-order valence-corrected chi connectivity index (χ0v) is 13.4. The number of benzene rings is 1. The van der Waals surface area contributed by atoms with E-state index in [1.165, 1.54) is 0 Å². The molecule has 0 aliphatic carbocycles. The van der Waals surface area contributed by atoms with Gasteiger partial charge in [-0.2, -0.15) is 0 Å². The summed E-state index contributed by atoms with van der Waals surface area (Å²) >= 11 is 0. The summed E-state index contributed by atoms with van der Waals surface area (Å²) in [6, 6.07) is 9.50. The first-order valence-electron chi connectivity index (χ1n) is 7.69. The number of nitrogens with zero attached hydrogens (tertiary/aromatic N) is 3. The van der Waals surface area contributed by atoms with Crippen molar-refractivity contribution < 1.29 is 9.53 Å². The molecule has 6 heteroatoms. The van der Waals surface area contributed by atoms with Crippen molar-refractivity contribution in [3.63, 3.8) is 0 Å². The maximum absolute atomic E-state index is 12.5. The second kappa shape index (κ2) is 6.75. The standard InChI is InChI=1S/C17H20N4O2/c1-12-11-15(19-13(2)18-12)17(22)20-14-5-3-4-6-16(14)21-7-9-23-10-8-21/h3-6,11H,7-10H2,1-2H3,(H,20,22). The number of rotatable bonds is 3. The molecule has 0 bridgehead atoms. The van der Waals surface area contributed by atoms with Gasteiger partial charge in [0.2, 0.25) is 0 Å². The summed E-state index contributed by atoms with van der Waals surface area (Å²) in [5.74, 6) is 0.371. The van der Waals surface area contributed by atoms with Gasteiger partial charge in [0, 0.05) is 18.8 Å². The molecule has 3 rings (SSSR count). The second-order valence-corrected chi connectivity index (χ2v) is 5.51. The highest BCUT2D eigenvalue weighted by molar-refractivity contribution is 6.04. The molecule has 1 fully saturated rings. The molecule has 6 nitrogen and oxygen atoms in total. The van der Waals surface area contributed by atoms with Gasteiger partial charge in [0.25, 0.3) is 5.91 Å². The van der Waals surface area contributed by atoms with Crippen molar-refractivity contribution in [1.82, 2.24) is 9.97 Å². The number of anilines is 2. The molecule has 0 atom stereocenters. The molecule has 2 aromatic rings. The lowest BCUT2D eigenvalue weighted by Crippen LogP contribution is -2.36. The number of hydrogen-bond donors (Lipinski definition) is 1. The van der Waals surface area contributed by atoms with Crippen LogP contribution in [0.25, 0.3) is 0 Å². The lowest BCUT2D eigenvalue weighted by atomic mass is 10.2. The highest BCUT2D eigenvalue weighted by Crippen LogP contribution is 2.26. The van der Waals surface area contributed by atoms with Crippen molar-refractivity contribution in [3.8, 4) is 0 Å². The summed E-state index contributed by atoms with van der Waals surface area (Å²) in [6.45, 7) is 6.68. The van der Waals surface area contributed by atoms with Gasteiger partial charge in [-0.15, -0.1) is 0 Å². The van der Waals surface area contributed by atoms with E-state index in [2.05, 4.69) is 20.2 Å². The molecule has 1 saturated heterocycles. The average Bonchev–Trinajstić information content (AvgIpc) is 2.55. The Morgan fingerprint density at radius 3 is 2.65 bits per heavy atom. The van der Waals surface area contributed by atoms with Gasteiger partial charge in [-0.25, -0.2) is 9.97 Å². The Morgan fingerprint density at radius 1 is 1.17 bits per heavy atom. The van der Waals surface area contributed by atoms with Crippen molar-refractivity contribution in [3.05, 3.63) is 47.5 Å². The zero-order chi connectivity index (χ0) is 16.2. The largest absolute Gasteiger partial charge is 0.378 e. The van der Waals surface area contributed by atoms with Crippen molar-refractivity contribution in [2.45, 2.75) is 13.8 Å². The Labute approximate surface area is 135 Å². The number of carbonyl (C=O) groups is 1. The molecule has 1 aliphatic rings. The second-order valence-electron chi connectivity index (χ2n) is 5.51. The summed E-state index contributed by atoms with van der Waals surface area (Å²) in [4.78, 5) is 23.1. The molecule has 1 aromatic heterocycles. The number of aromatic nitrogens is 2. The number of ether oxygens (including phenoxy) is 1. The number of hydrogen-bond acceptors (Lipinski definition) is 5. The van der Waals surface area contributed by atoms with Gasteiger partial charge in [-0.3, -0.25) is 4.79 Å². The van der Waals surface area contributed by atoms with Crippen molar-refractivity contribution in [2.75, 3.05) is 36.5 Å². The summed E-state index contributed by atoms with van der Waals surface area (Å²) < 4.78 is 5.39. The SMILES string of the molecule is Cc1cc(C(=O)Nc2ccccc2N2CCOCC2)nc(C)n1. The van der Waals surface area contributed by atoms with Gasteiger partial charge in [-0.1, -0.05) is 12.1 Å². The molecule has 0 spiro atoms. The third kappa shape index (κ3) is 3.65. The van der Waals surface area contributed by atoms with E-state index in [1.807, 2.05) is 31.2 Å². The minimum atomic E-state index is -0.223. The van der Waals surface area contributed by atoms with E-state index < -0.39 is 0 Å². The topological polar surface area (TPSA) is 67.4 Å². The lowest BCUT2D eigenvalue weighted by molar-refractivity contribution is 0.102. The van der Waals surface area contributed by atoms with Crippen LogP contribution in [0.3, 0.4) is 0 Å². The summed E-state index contributed by atoms with van der Waals surface area (Å²) in [5.41, 5.74) is 2.95. The number of carbonyl (C=O) groups excluding carboxylic acids is 1. The van der Waals surface area contributed by atoms with Gasteiger partial charge in [0.1, 0.15) is 11.5 Å². The van der Waals surface area contributed by atoms with E-state index in [0.29, 0.717) is 24.7 Å². The van der Waals surface area contributed by atoms with Crippen LogP contribution in [0.5, 0.6) is 0 Å². The van der Waals surface area contributed by atoms with Crippen molar-refractivity contribution >= 4 is 17.3 Å². The van der Waals surface area contributed by atoms with Gasteiger partial charge < -0.3 is 15.0 Å². The maximum Gasteiger partial charge on any atom is 0.274 e. The van der Waals surface area contributed by atoms with Crippen LogP contribution in [0, 0.1) is 13.8 Å². The minimum Gasteiger partial charge on any atom is -0.378 e. The number of morpholine rings is 1. The predicted octanol–water partition coefficient (Wildman–Crippen LogP) is 2.18. The summed E-state index contributed by atoms with van der Waals surface area (Å²) in [5, 5.41) is 2.97. The first kappa shape index (κ1) is 15.4. The van der Waals surface area contributed by atoms with E-state index >= 15 is 0 Å². The first-order valence-corrected chi connectivity index (χ1v) is 7.69. The average molecular weight is 312 g/mol. The van der Waals surface area contributed by atoms with Gasteiger partial charge in [0.05, 0.1) is 24.6 Å². The quantitative estimate of drug-likeness (QED) is 0.941. The Bertz CT molecular complexity index is 691. The van der Waals surface area contributed by atoms with Crippen LogP contribution in [0.4, 0.5) is 11.4 Å². The summed E-state index contributed by atoms with van der Waals surface area (Å²) in [6.07, 6.45) is 0. The van der Waals surface area contributed by atoms with Crippen LogP contribution < -0.4 is 10.2 Å². The van der Waals surface area contributed by atoms with E-state index in [-0.39, 0.29) is 5.91 Å². The summed E-state index contributed by atoms with van der Waals surface area (Å²) in [7, 11) is 0. The van der Waals surface area contributed by atoms with E-state index in [0.717, 1.165) is 30.2 Å². The molecular weight excluding hydrogens is 292 g/mol. The Morgan fingerprint density at radius 2 is 1.91 bits per heavy atom. The van der Waals surface area contributed by atoms with Crippen LogP contribution in [0.15, 0.2) is 30.3 Å². The van der Waals surface area contributed by atoms with E-state index in [1.54, 1.807) is 13.0 Å². The molecule has 1 aliphatic heterocycles.